The minimum absolute atomic E-state index is 0.160. The van der Waals surface area contributed by atoms with E-state index in [-0.39, 0.29) is 12.0 Å². The highest BCUT2D eigenvalue weighted by Crippen LogP contribution is 2.25. The van der Waals surface area contributed by atoms with E-state index in [1.165, 1.54) is 0 Å². The van der Waals surface area contributed by atoms with Gasteiger partial charge in [-0.1, -0.05) is 26.0 Å². The highest BCUT2D eigenvalue weighted by molar-refractivity contribution is 7.10. The van der Waals surface area contributed by atoms with Crippen LogP contribution in [-0.4, -0.2) is 11.8 Å². The SMILES string of the molecule is Cc1cc(C)cc(NC(=O)C(=O)N[C@@H](c2cccs2)C(C)C)c1. The Labute approximate surface area is 140 Å². The molecular weight excluding hydrogens is 308 g/mol. The zero-order valence-electron chi connectivity index (χ0n) is 13.8. The summed E-state index contributed by atoms with van der Waals surface area (Å²) in [5.41, 5.74) is 2.72. The normalized spacial score (nSPS) is 12.0. The molecule has 0 fully saturated rings. The van der Waals surface area contributed by atoms with E-state index in [1.807, 2.05) is 63.4 Å². The van der Waals surface area contributed by atoms with Gasteiger partial charge in [-0.05, 0) is 54.5 Å². The molecule has 23 heavy (non-hydrogen) atoms. The van der Waals surface area contributed by atoms with Crippen molar-refractivity contribution in [3.63, 3.8) is 0 Å². The Morgan fingerprint density at radius 2 is 1.70 bits per heavy atom. The Morgan fingerprint density at radius 1 is 1.04 bits per heavy atom. The van der Waals surface area contributed by atoms with E-state index in [4.69, 9.17) is 0 Å². The number of thiophene rings is 1. The number of rotatable bonds is 4. The van der Waals surface area contributed by atoms with Crippen LogP contribution in [0, 0.1) is 19.8 Å². The number of hydrogen-bond donors (Lipinski definition) is 2. The maximum atomic E-state index is 12.2. The molecule has 0 saturated carbocycles. The molecule has 2 amide bonds. The number of carbonyl (C=O) groups excluding carboxylic acids is 2. The van der Waals surface area contributed by atoms with Crippen molar-refractivity contribution in [2.24, 2.45) is 5.92 Å². The second-order valence-electron chi connectivity index (χ2n) is 6.04. The minimum atomic E-state index is -0.641. The zero-order valence-corrected chi connectivity index (χ0v) is 14.7. The molecule has 2 N–H and O–H groups in total. The van der Waals surface area contributed by atoms with Gasteiger partial charge in [-0.2, -0.15) is 0 Å². The summed E-state index contributed by atoms with van der Waals surface area (Å²) in [5.74, 6) is -1.06. The summed E-state index contributed by atoms with van der Waals surface area (Å²) >= 11 is 1.57. The van der Waals surface area contributed by atoms with Gasteiger partial charge in [-0.15, -0.1) is 11.3 Å². The summed E-state index contributed by atoms with van der Waals surface area (Å²) in [4.78, 5) is 25.4. The van der Waals surface area contributed by atoms with Crippen LogP contribution in [0.5, 0.6) is 0 Å². The van der Waals surface area contributed by atoms with Crippen molar-refractivity contribution in [3.05, 3.63) is 51.7 Å². The van der Waals surface area contributed by atoms with Gasteiger partial charge in [-0.3, -0.25) is 9.59 Å². The lowest BCUT2D eigenvalue weighted by Crippen LogP contribution is -2.39. The lowest BCUT2D eigenvalue weighted by molar-refractivity contribution is -0.136. The van der Waals surface area contributed by atoms with Gasteiger partial charge in [0.2, 0.25) is 0 Å². The molecule has 0 aliphatic heterocycles. The highest BCUT2D eigenvalue weighted by Gasteiger charge is 2.23. The molecule has 1 aromatic heterocycles. The average molecular weight is 330 g/mol. The Bertz CT molecular complexity index is 673. The first kappa shape index (κ1) is 17.2. The quantitative estimate of drug-likeness (QED) is 0.837. The summed E-state index contributed by atoms with van der Waals surface area (Å²) in [6.07, 6.45) is 0. The predicted octanol–water partition coefficient (Wildman–Crippen LogP) is 3.82. The first-order valence-corrected chi connectivity index (χ1v) is 8.48. The van der Waals surface area contributed by atoms with Crippen molar-refractivity contribution >= 4 is 28.8 Å². The van der Waals surface area contributed by atoms with Crippen molar-refractivity contribution in [1.82, 2.24) is 5.32 Å². The Kier molecular flexibility index (Phi) is 5.55. The van der Waals surface area contributed by atoms with Crippen molar-refractivity contribution in [2.75, 3.05) is 5.32 Å². The molecule has 1 atom stereocenters. The number of anilines is 1. The van der Waals surface area contributed by atoms with E-state index >= 15 is 0 Å². The van der Waals surface area contributed by atoms with Gasteiger partial charge in [0.1, 0.15) is 0 Å². The molecule has 0 aliphatic carbocycles. The molecule has 2 aromatic rings. The van der Waals surface area contributed by atoms with Crippen molar-refractivity contribution in [3.8, 4) is 0 Å². The van der Waals surface area contributed by atoms with Crippen LogP contribution in [-0.2, 0) is 9.59 Å². The lowest BCUT2D eigenvalue weighted by atomic mass is 10.0. The van der Waals surface area contributed by atoms with E-state index in [0.717, 1.165) is 16.0 Å². The molecule has 1 aromatic carbocycles. The fraction of sp³-hybridized carbons (Fsp3) is 0.333. The van der Waals surface area contributed by atoms with Crippen molar-refractivity contribution in [2.45, 2.75) is 33.7 Å². The summed E-state index contributed by atoms with van der Waals surface area (Å²) in [6, 6.07) is 9.46. The predicted molar refractivity (Wildman–Crippen MR) is 94.6 cm³/mol. The summed E-state index contributed by atoms with van der Waals surface area (Å²) in [7, 11) is 0. The van der Waals surface area contributed by atoms with Gasteiger partial charge >= 0.3 is 11.8 Å². The number of hydrogen-bond acceptors (Lipinski definition) is 3. The van der Waals surface area contributed by atoms with E-state index in [0.29, 0.717) is 5.69 Å². The topological polar surface area (TPSA) is 58.2 Å². The van der Waals surface area contributed by atoms with Crippen LogP contribution in [0.3, 0.4) is 0 Å². The van der Waals surface area contributed by atoms with Crippen LogP contribution in [0.15, 0.2) is 35.7 Å². The molecular formula is C18H22N2O2S. The average Bonchev–Trinajstić information content (AvgIpc) is 2.96. The maximum absolute atomic E-state index is 12.2. The van der Waals surface area contributed by atoms with Crippen molar-refractivity contribution in [1.29, 1.82) is 0 Å². The Balaban J connectivity index is 2.05. The molecule has 0 radical (unpaired) electrons. The Morgan fingerprint density at radius 3 is 2.22 bits per heavy atom. The second kappa shape index (κ2) is 7.42. The van der Waals surface area contributed by atoms with Crippen LogP contribution in [0.2, 0.25) is 0 Å². The molecule has 122 valence electrons. The van der Waals surface area contributed by atoms with Gasteiger partial charge in [-0.25, -0.2) is 0 Å². The molecule has 4 nitrogen and oxygen atoms in total. The number of aryl methyl sites for hydroxylation is 2. The molecule has 0 aliphatic rings. The number of nitrogens with one attached hydrogen (secondary N) is 2. The van der Waals surface area contributed by atoms with E-state index in [1.54, 1.807) is 11.3 Å². The van der Waals surface area contributed by atoms with Gasteiger partial charge in [0.15, 0.2) is 0 Å². The van der Waals surface area contributed by atoms with Gasteiger partial charge in [0.25, 0.3) is 0 Å². The number of carbonyl (C=O) groups is 2. The molecule has 0 unspecified atom stereocenters. The standard InChI is InChI=1S/C18H22N2O2S/c1-11(2)16(15-6-5-7-23-15)20-18(22)17(21)19-14-9-12(3)8-13(4)10-14/h5-11,16H,1-4H3,(H,19,21)(H,20,22)/t16-/m1/s1. The van der Waals surface area contributed by atoms with Crippen LogP contribution in [0.25, 0.3) is 0 Å². The monoisotopic (exact) mass is 330 g/mol. The van der Waals surface area contributed by atoms with Crippen LogP contribution >= 0.6 is 11.3 Å². The Hall–Kier alpha value is -2.14. The van der Waals surface area contributed by atoms with E-state index < -0.39 is 11.8 Å². The molecule has 1 heterocycles. The molecule has 5 heteroatoms. The van der Waals surface area contributed by atoms with Crippen LogP contribution in [0.4, 0.5) is 5.69 Å². The fourth-order valence-electron chi connectivity index (χ4n) is 2.48. The summed E-state index contributed by atoms with van der Waals surface area (Å²) in [5, 5.41) is 7.46. The minimum Gasteiger partial charge on any atom is -0.340 e. The third-order valence-corrected chi connectivity index (χ3v) is 4.44. The second-order valence-corrected chi connectivity index (χ2v) is 7.02. The fourth-order valence-corrected chi connectivity index (χ4v) is 3.43. The third-order valence-electron chi connectivity index (χ3n) is 3.49. The van der Waals surface area contributed by atoms with E-state index in [2.05, 4.69) is 10.6 Å². The van der Waals surface area contributed by atoms with Gasteiger partial charge in [0, 0.05) is 10.6 Å². The van der Waals surface area contributed by atoms with Crippen LogP contribution in [0.1, 0.15) is 35.9 Å². The number of benzene rings is 1. The smallest absolute Gasteiger partial charge is 0.313 e. The number of amides is 2. The molecule has 0 spiro atoms. The van der Waals surface area contributed by atoms with Crippen molar-refractivity contribution < 1.29 is 9.59 Å². The molecule has 0 bridgehead atoms. The molecule has 2 rings (SSSR count). The lowest BCUT2D eigenvalue weighted by Gasteiger charge is -2.21. The summed E-state index contributed by atoms with van der Waals surface area (Å²) < 4.78 is 0. The van der Waals surface area contributed by atoms with Gasteiger partial charge in [0.05, 0.1) is 6.04 Å². The third kappa shape index (κ3) is 4.66. The first-order chi connectivity index (χ1) is 10.9. The van der Waals surface area contributed by atoms with Crippen LogP contribution < -0.4 is 10.6 Å². The van der Waals surface area contributed by atoms with Gasteiger partial charge < -0.3 is 10.6 Å². The largest absolute Gasteiger partial charge is 0.340 e. The van der Waals surface area contributed by atoms with E-state index in [9.17, 15) is 9.59 Å². The first-order valence-electron chi connectivity index (χ1n) is 7.60. The summed E-state index contributed by atoms with van der Waals surface area (Å²) in [6.45, 7) is 7.95. The zero-order chi connectivity index (χ0) is 17.0. The maximum Gasteiger partial charge on any atom is 0.313 e. The highest BCUT2D eigenvalue weighted by atomic mass is 32.1. The molecule has 0 saturated heterocycles.